The third kappa shape index (κ3) is 3.17. The second kappa shape index (κ2) is 5.91. The molecular formula is C13H10Cl2O4S. The van der Waals surface area contributed by atoms with E-state index in [4.69, 9.17) is 32.1 Å². The third-order valence-electron chi connectivity index (χ3n) is 2.43. The fraction of sp³-hybridized carbons (Fsp3) is 0.0769. The van der Waals surface area contributed by atoms with Gasteiger partial charge in [0.05, 0.1) is 12.1 Å². The highest BCUT2D eigenvalue weighted by molar-refractivity contribution is 7.87. The summed E-state index contributed by atoms with van der Waals surface area (Å²) in [5, 5.41) is 0.494. The highest BCUT2D eigenvalue weighted by atomic mass is 35.5. The lowest BCUT2D eigenvalue weighted by atomic mass is 10.3. The van der Waals surface area contributed by atoms with Gasteiger partial charge in [-0.3, -0.25) is 0 Å². The summed E-state index contributed by atoms with van der Waals surface area (Å²) in [7, 11) is -2.67. The Labute approximate surface area is 127 Å². The van der Waals surface area contributed by atoms with Crippen molar-refractivity contribution < 1.29 is 17.3 Å². The van der Waals surface area contributed by atoms with Crippen molar-refractivity contribution in [2.75, 3.05) is 7.11 Å². The van der Waals surface area contributed by atoms with Crippen molar-refractivity contribution in [3.05, 3.63) is 52.5 Å². The first-order chi connectivity index (χ1) is 9.44. The molecule has 7 heteroatoms. The van der Waals surface area contributed by atoms with Crippen molar-refractivity contribution in [3.63, 3.8) is 0 Å². The van der Waals surface area contributed by atoms with Gasteiger partial charge in [-0.05, 0) is 30.3 Å². The SMILES string of the molecule is COc1ccccc1S(=O)(=O)Oc1ccc(Cl)cc1Cl. The van der Waals surface area contributed by atoms with Crippen molar-refractivity contribution in [2.45, 2.75) is 4.90 Å². The molecule has 0 aromatic heterocycles. The number of methoxy groups -OCH3 is 1. The largest absolute Gasteiger partial charge is 0.495 e. The molecule has 4 nitrogen and oxygen atoms in total. The van der Waals surface area contributed by atoms with Crippen LogP contribution >= 0.6 is 23.2 Å². The third-order valence-corrected chi connectivity index (χ3v) is 4.24. The molecule has 20 heavy (non-hydrogen) atoms. The highest BCUT2D eigenvalue weighted by Crippen LogP contribution is 2.32. The average molecular weight is 333 g/mol. The van der Waals surface area contributed by atoms with E-state index in [1.807, 2.05) is 0 Å². The Balaban J connectivity index is 2.41. The number of ether oxygens (including phenoxy) is 1. The second-order valence-corrected chi connectivity index (χ2v) is 6.12. The van der Waals surface area contributed by atoms with Gasteiger partial charge in [-0.2, -0.15) is 8.42 Å². The first-order valence-electron chi connectivity index (χ1n) is 5.46. The molecule has 0 saturated carbocycles. The normalized spacial score (nSPS) is 11.2. The van der Waals surface area contributed by atoms with E-state index < -0.39 is 10.1 Å². The predicted molar refractivity (Wildman–Crippen MR) is 77.3 cm³/mol. The van der Waals surface area contributed by atoms with Gasteiger partial charge in [-0.15, -0.1) is 0 Å². The van der Waals surface area contributed by atoms with Gasteiger partial charge in [-0.25, -0.2) is 0 Å². The summed E-state index contributed by atoms with van der Waals surface area (Å²) in [6.07, 6.45) is 0. The van der Waals surface area contributed by atoms with E-state index in [-0.39, 0.29) is 21.4 Å². The van der Waals surface area contributed by atoms with Gasteiger partial charge in [0, 0.05) is 5.02 Å². The summed E-state index contributed by atoms with van der Waals surface area (Å²) in [6.45, 7) is 0. The molecule has 0 heterocycles. The summed E-state index contributed by atoms with van der Waals surface area (Å²) >= 11 is 11.6. The number of hydrogen-bond acceptors (Lipinski definition) is 4. The molecule has 0 N–H and O–H groups in total. The molecule has 106 valence electrons. The van der Waals surface area contributed by atoms with Crippen LogP contribution in [0.3, 0.4) is 0 Å². The molecule has 0 spiro atoms. The van der Waals surface area contributed by atoms with Crippen LogP contribution in [-0.2, 0) is 10.1 Å². The molecule has 2 rings (SSSR count). The average Bonchev–Trinajstić information content (AvgIpc) is 2.42. The molecule has 0 aliphatic carbocycles. The maximum Gasteiger partial charge on any atom is 0.342 e. The van der Waals surface area contributed by atoms with Crippen LogP contribution in [0.25, 0.3) is 0 Å². The Kier molecular flexibility index (Phi) is 4.42. The van der Waals surface area contributed by atoms with Crippen LogP contribution in [0.4, 0.5) is 0 Å². The van der Waals surface area contributed by atoms with E-state index in [0.29, 0.717) is 5.02 Å². The molecule has 0 saturated heterocycles. The van der Waals surface area contributed by atoms with Gasteiger partial charge < -0.3 is 8.92 Å². The van der Waals surface area contributed by atoms with Crippen LogP contribution in [0, 0.1) is 0 Å². The number of hydrogen-bond donors (Lipinski definition) is 0. The Morgan fingerprint density at radius 2 is 1.70 bits per heavy atom. The van der Waals surface area contributed by atoms with Crippen LogP contribution in [0.1, 0.15) is 0 Å². The molecule has 0 bridgehead atoms. The van der Waals surface area contributed by atoms with Crippen molar-refractivity contribution in [1.29, 1.82) is 0 Å². The van der Waals surface area contributed by atoms with Gasteiger partial charge in [-0.1, -0.05) is 35.3 Å². The number of rotatable bonds is 4. The molecule has 2 aromatic rings. The molecule has 0 amide bonds. The minimum atomic E-state index is -4.04. The lowest BCUT2D eigenvalue weighted by Gasteiger charge is -2.11. The zero-order chi connectivity index (χ0) is 14.8. The minimum Gasteiger partial charge on any atom is -0.495 e. The maximum absolute atomic E-state index is 12.2. The maximum atomic E-state index is 12.2. The number of halogens is 2. The van der Waals surface area contributed by atoms with Crippen molar-refractivity contribution in [2.24, 2.45) is 0 Å². The summed E-state index contributed by atoms with van der Waals surface area (Å²) in [5.74, 6) is 0.194. The van der Waals surface area contributed by atoms with Gasteiger partial charge >= 0.3 is 10.1 Å². The Morgan fingerprint density at radius 3 is 2.35 bits per heavy atom. The lowest BCUT2D eigenvalue weighted by Crippen LogP contribution is -2.11. The monoisotopic (exact) mass is 332 g/mol. The van der Waals surface area contributed by atoms with Crippen molar-refractivity contribution >= 4 is 33.3 Å². The van der Waals surface area contributed by atoms with E-state index in [9.17, 15) is 8.42 Å². The van der Waals surface area contributed by atoms with Crippen LogP contribution < -0.4 is 8.92 Å². The Hall–Kier alpha value is -1.43. The van der Waals surface area contributed by atoms with Gasteiger partial charge in [0.25, 0.3) is 0 Å². The van der Waals surface area contributed by atoms with Crippen molar-refractivity contribution in [1.82, 2.24) is 0 Å². The molecular weight excluding hydrogens is 323 g/mol. The van der Waals surface area contributed by atoms with E-state index >= 15 is 0 Å². The number of para-hydroxylation sites is 1. The predicted octanol–water partition coefficient (Wildman–Crippen LogP) is 3.77. The van der Waals surface area contributed by atoms with Gasteiger partial charge in [0.1, 0.15) is 10.6 Å². The van der Waals surface area contributed by atoms with E-state index in [1.54, 1.807) is 12.1 Å². The Morgan fingerprint density at radius 1 is 1.00 bits per heavy atom. The van der Waals surface area contributed by atoms with Gasteiger partial charge in [0.15, 0.2) is 5.75 Å². The standard InChI is InChI=1S/C13H10Cl2O4S/c1-18-12-4-2-3-5-13(12)20(16,17)19-11-7-6-9(14)8-10(11)15/h2-8H,1H3. The first kappa shape index (κ1) is 15.0. The smallest absolute Gasteiger partial charge is 0.342 e. The van der Waals surface area contributed by atoms with E-state index in [0.717, 1.165) is 0 Å². The zero-order valence-corrected chi connectivity index (χ0v) is 12.7. The van der Waals surface area contributed by atoms with Crippen LogP contribution in [0.2, 0.25) is 10.0 Å². The summed E-state index contributed by atoms with van der Waals surface area (Å²) < 4.78 is 34.5. The summed E-state index contributed by atoms with van der Waals surface area (Å²) in [6, 6.07) is 10.4. The first-order valence-corrected chi connectivity index (χ1v) is 7.63. The quantitative estimate of drug-likeness (QED) is 0.799. The highest BCUT2D eigenvalue weighted by Gasteiger charge is 2.22. The number of benzene rings is 2. The van der Waals surface area contributed by atoms with Crippen LogP contribution in [-0.4, -0.2) is 15.5 Å². The zero-order valence-electron chi connectivity index (χ0n) is 10.3. The fourth-order valence-electron chi connectivity index (χ4n) is 1.53. The molecule has 0 fully saturated rings. The second-order valence-electron chi connectivity index (χ2n) is 3.76. The van der Waals surface area contributed by atoms with Crippen molar-refractivity contribution in [3.8, 4) is 11.5 Å². The lowest BCUT2D eigenvalue weighted by molar-refractivity contribution is 0.398. The van der Waals surface area contributed by atoms with Crippen LogP contribution in [0.5, 0.6) is 11.5 Å². The topological polar surface area (TPSA) is 52.6 Å². The van der Waals surface area contributed by atoms with E-state index in [2.05, 4.69) is 0 Å². The van der Waals surface area contributed by atoms with Gasteiger partial charge in [0.2, 0.25) is 0 Å². The fourth-order valence-corrected chi connectivity index (χ4v) is 3.14. The Bertz CT molecular complexity index is 729. The summed E-state index contributed by atoms with van der Waals surface area (Å²) in [4.78, 5) is -0.0754. The summed E-state index contributed by atoms with van der Waals surface area (Å²) in [5.41, 5.74) is 0. The molecule has 2 aromatic carbocycles. The minimum absolute atomic E-state index is 0.00183. The molecule has 0 unspecified atom stereocenters. The molecule has 0 radical (unpaired) electrons. The molecule has 0 aliphatic heterocycles. The molecule has 0 atom stereocenters. The molecule has 0 aliphatic rings. The van der Waals surface area contributed by atoms with E-state index in [1.165, 1.54) is 37.4 Å². The van der Waals surface area contributed by atoms with Crippen LogP contribution in [0.15, 0.2) is 47.4 Å².